The summed E-state index contributed by atoms with van der Waals surface area (Å²) < 4.78 is 0. The van der Waals surface area contributed by atoms with E-state index in [9.17, 15) is 4.79 Å². The second-order valence-corrected chi connectivity index (χ2v) is 3.26. The fraction of sp³-hybridized carbons (Fsp3) is 0.333. The molecule has 0 heterocycles. The molecule has 2 amide bonds. The van der Waals surface area contributed by atoms with Crippen LogP contribution in [-0.4, -0.2) is 35.4 Å². The van der Waals surface area contributed by atoms with Crippen molar-refractivity contribution in [2.24, 2.45) is 0 Å². The molecule has 0 spiro atoms. The lowest BCUT2D eigenvalue weighted by molar-refractivity contribution is 0.213. The lowest BCUT2D eigenvalue weighted by Crippen LogP contribution is -2.41. The minimum atomic E-state index is -0.302. The Morgan fingerprint density at radius 3 is 2.36 bits per heavy atom. The minimum absolute atomic E-state index is 0.133. The maximum absolute atomic E-state index is 11.5. The second kappa shape index (κ2) is 7.20. The van der Waals surface area contributed by atoms with Gasteiger partial charge < -0.3 is 4.90 Å². The third-order valence-electron chi connectivity index (χ3n) is 1.41. The fourth-order valence-electron chi connectivity index (χ4n) is 0.779. The number of carbonyl (C=O) groups excluding carboxylic acids is 1. The summed E-state index contributed by atoms with van der Waals surface area (Å²) in [5.74, 6) is 0. The quantitative estimate of drug-likeness (QED) is 0.424. The summed E-state index contributed by atoms with van der Waals surface area (Å²) in [7, 11) is 0. The molecule has 0 unspecified atom stereocenters. The number of thioether (sulfide) groups is 1. The number of hydrogen-bond acceptors (Lipinski definition) is 3. The molecule has 78 valence electrons. The number of nitrogens with zero attached hydrogens (tertiary/aromatic N) is 1. The topological polar surface area (TPSA) is 56.2 Å². The van der Waals surface area contributed by atoms with Crippen LogP contribution in [0.1, 0.15) is 0 Å². The highest BCUT2D eigenvalue weighted by atomic mass is 32.2. The van der Waals surface area contributed by atoms with Crippen molar-refractivity contribution in [2.45, 2.75) is 0 Å². The van der Waals surface area contributed by atoms with Crippen LogP contribution in [0.3, 0.4) is 0 Å². The van der Waals surface area contributed by atoms with E-state index in [1.807, 2.05) is 0 Å². The van der Waals surface area contributed by atoms with Crippen LogP contribution in [0.5, 0.6) is 0 Å². The number of amides is 2. The van der Waals surface area contributed by atoms with Crippen LogP contribution in [0.15, 0.2) is 25.3 Å². The Hall–Kier alpha value is -1.23. The molecule has 0 radical (unpaired) electrons. The molecule has 0 aromatic heterocycles. The van der Waals surface area contributed by atoms with Gasteiger partial charge in [-0.3, -0.25) is 10.7 Å². The lowest BCUT2D eigenvalue weighted by atomic mass is 10.5. The molecular weight excluding hydrogens is 198 g/mol. The largest absolute Gasteiger partial charge is 0.323 e. The van der Waals surface area contributed by atoms with Gasteiger partial charge in [-0.05, 0) is 6.26 Å². The van der Waals surface area contributed by atoms with Crippen molar-refractivity contribution in [1.82, 2.24) is 10.2 Å². The van der Waals surface area contributed by atoms with Gasteiger partial charge in [0.25, 0.3) is 0 Å². The van der Waals surface area contributed by atoms with Crippen LogP contribution < -0.4 is 5.32 Å². The summed E-state index contributed by atoms with van der Waals surface area (Å²) in [6.07, 6.45) is 4.99. The minimum Gasteiger partial charge on any atom is -0.317 e. The van der Waals surface area contributed by atoms with Crippen molar-refractivity contribution in [3.05, 3.63) is 25.3 Å². The first-order valence-electron chi connectivity index (χ1n) is 4.06. The fourth-order valence-corrected chi connectivity index (χ4v) is 0.969. The summed E-state index contributed by atoms with van der Waals surface area (Å²) >= 11 is 1.18. The first-order valence-corrected chi connectivity index (χ1v) is 5.28. The predicted molar refractivity (Wildman–Crippen MR) is 61.7 cm³/mol. The van der Waals surface area contributed by atoms with Crippen LogP contribution in [-0.2, 0) is 0 Å². The van der Waals surface area contributed by atoms with Crippen molar-refractivity contribution in [2.75, 3.05) is 19.3 Å². The predicted octanol–water partition coefficient (Wildman–Crippen LogP) is 1.67. The van der Waals surface area contributed by atoms with E-state index in [1.165, 1.54) is 16.7 Å². The van der Waals surface area contributed by atoms with Gasteiger partial charge in [0.05, 0.1) is 0 Å². The molecule has 0 aliphatic carbocycles. The zero-order valence-electron chi connectivity index (χ0n) is 8.25. The SMILES string of the molecule is C=CCN(CC=C)C(=O)NC(=N)SC. The summed E-state index contributed by atoms with van der Waals surface area (Å²) in [4.78, 5) is 13.0. The Morgan fingerprint density at radius 2 is 2.00 bits per heavy atom. The number of rotatable bonds is 4. The van der Waals surface area contributed by atoms with E-state index < -0.39 is 0 Å². The molecule has 0 bridgehead atoms. The highest BCUT2D eigenvalue weighted by molar-refractivity contribution is 8.13. The summed E-state index contributed by atoms with van der Waals surface area (Å²) in [5.41, 5.74) is 0. The van der Waals surface area contributed by atoms with Crippen molar-refractivity contribution < 1.29 is 4.79 Å². The number of carbonyl (C=O) groups is 1. The van der Waals surface area contributed by atoms with Crippen LogP contribution in [0, 0.1) is 5.41 Å². The van der Waals surface area contributed by atoms with E-state index >= 15 is 0 Å². The molecule has 0 saturated heterocycles. The standard InChI is InChI=1S/C9H15N3OS/c1-4-6-12(7-5-2)9(13)11-8(10)14-3/h4-5H,1-2,6-7H2,3H3,(H2,10,11,13). The van der Waals surface area contributed by atoms with Crippen LogP contribution >= 0.6 is 11.8 Å². The van der Waals surface area contributed by atoms with Gasteiger partial charge >= 0.3 is 6.03 Å². The van der Waals surface area contributed by atoms with E-state index in [0.29, 0.717) is 13.1 Å². The Labute approximate surface area is 88.6 Å². The Bertz CT molecular complexity index is 230. The second-order valence-electron chi connectivity index (χ2n) is 2.45. The van der Waals surface area contributed by atoms with Gasteiger partial charge in [0.1, 0.15) is 0 Å². The number of amidine groups is 1. The molecule has 4 nitrogen and oxygen atoms in total. The van der Waals surface area contributed by atoms with Gasteiger partial charge in [-0.2, -0.15) is 0 Å². The Morgan fingerprint density at radius 1 is 1.50 bits per heavy atom. The molecule has 0 fully saturated rings. The first-order chi connectivity index (χ1) is 6.65. The molecule has 0 aromatic rings. The molecule has 5 heteroatoms. The first kappa shape index (κ1) is 12.8. The van der Waals surface area contributed by atoms with E-state index in [2.05, 4.69) is 18.5 Å². The van der Waals surface area contributed by atoms with Crippen molar-refractivity contribution in [1.29, 1.82) is 5.41 Å². The smallest absolute Gasteiger partial charge is 0.317 e. The third kappa shape index (κ3) is 4.71. The average Bonchev–Trinajstić information content (AvgIpc) is 2.17. The average molecular weight is 213 g/mol. The van der Waals surface area contributed by atoms with Crippen LogP contribution in [0.4, 0.5) is 4.79 Å². The van der Waals surface area contributed by atoms with E-state index in [4.69, 9.17) is 5.41 Å². The van der Waals surface area contributed by atoms with Crippen molar-refractivity contribution in [3.8, 4) is 0 Å². The molecule has 0 rings (SSSR count). The number of hydrogen-bond donors (Lipinski definition) is 2. The maximum atomic E-state index is 11.5. The van der Waals surface area contributed by atoms with E-state index in [1.54, 1.807) is 18.4 Å². The summed E-state index contributed by atoms with van der Waals surface area (Å²) in [5, 5.41) is 9.85. The molecule has 0 atom stereocenters. The van der Waals surface area contributed by atoms with E-state index in [0.717, 1.165) is 0 Å². The Balaban J connectivity index is 4.19. The highest BCUT2D eigenvalue weighted by Gasteiger charge is 2.10. The van der Waals surface area contributed by atoms with Gasteiger partial charge in [-0.1, -0.05) is 23.9 Å². The normalized spacial score (nSPS) is 8.93. The van der Waals surface area contributed by atoms with Crippen molar-refractivity contribution >= 4 is 23.0 Å². The van der Waals surface area contributed by atoms with E-state index in [-0.39, 0.29) is 11.2 Å². The Kier molecular flexibility index (Phi) is 6.57. The maximum Gasteiger partial charge on any atom is 0.323 e. The summed E-state index contributed by atoms with van der Waals surface area (Å²) in [6.45, 7) is 7.99. The van der Waals surface area contributed by atoms with Gasteiger partial charge in [-0.25, -0.2) is 4.79 Å². The molecule has 2 N–H and O–H groups in total. The van der Waals surface area contributed by atoms with Gasteiger partial charge in [0.15, 0.2) is 5.17 Å². The lowest BCUT2D eigenvalue weighted by Gasteiger charge is -2.19. The molecule has 14 heavy (non-hydrogen) atoms. The van der Waals surface area contributed by atoms with Crippen LogP contribution in [0.2, 0.25) is 0 Å². The molecule has 0 saturated carbocycles. The zero-order valence-corrected chi connectivity index (χ0v) is 9.06. The molecular formula is C9H15N3OS. The highest BCUT2D eigenvalue weighted by Crippen LogP contribution is 1.95. The third-order valence-corrected chi connectivity index (χ3v) is 1.92. The van der Waals surface area contributed by atoms with Gasteiger partial charge in [0, 0.05) is 13.1 Å². The monoisotopic (exact) mass is 213 g/mol. The number of urea groups is 1. The van der Waals surface area contributed by atoms with Gasteiger partial charge in [0.2, 0.25) is 0 Å². The van der Waals surface area contributed by atoms with Gasteiger partial charge in [-0.15, -0.1) is 13.2 Å². The zero-order chi connectivity index (χ0) is 11.0. The molecule has 0 aliphatic rings. The summed E-state index contributed by atoms with van der Waals surface area (Å²) in [6, 6.07) is -0.302. The van der Waals surface area contributed by atoms with Crippen LogP contribution in [0.25, 0.3) is 0 Å². The molecule has 0 aliphatic heterocycles. The molecule has 0 aromatic carbocycles. The number of nitrogens with one attached hydrogen (secondary N) is 2. The van der Waals surface area contributed by atoms with Crippen molar-refractivity contribution in [3.63, 3.8) is 0 Å².